The number of alkyl halides is 1. The Hall–Kier alpha value is -0.560. The molecule has 0 spiro atoms. The molecule has 0 saturated heterocycles. The molecule has 10 heavy (non-hydrogen) atoms. The van der Waals surface area contributed by atoms with Crippen molar-refractivity contribution in [2.45, 2.75) is 6.42 Å². The lowest BCUT2D eigenvalue weighted by Crippen LogP contribution is -2.08. The lowest BCUT2D eigenvalue weighted by Gasteiger charge is -1.99. The monoisotopic (exact) mass is 156 g/mol. The van der Waals surface area contributed by atoms with Crippen LogP contribution in [0.5, 0.6) is 0 Å². The predicted molar refractivity (Wildman–Crippen MR) is 42.1 cm³/mol. The summed E-state index contributed by atoms with van der Waals surface area (Å²) in [6.07, 6.45) is 8.01. The predicted octanol–water partition coefficient (Wildman–Crippen LogP) is 1.93. The third-order valence-corrected chi connectivity index (χ3v) is 1.65. The van der Waals surface area contributed by atoms with E-state index >= 15 is 0 Å². The number of hydrogen-bond donors (Lipinski definition) is 0. The van der Waals surface area contributed by atoms with Crippen LogP contribution in [0.1, 0.15) is 6.42 Å². The van der Waals surface area contributed by atoms with Gasteiger partial charge in [-0.15, -0.1) is 11.6 Å². The fourth-order valence-corrected chi connectivity index (χ4v) is 1.09. The summed E-state index contributed by atoms with van der Waals surface area (Å²) in [6.45, 7) is 0. The highest BCUT2D eigenvalue weighted by Gasteiger charge is 2.12. The Balaban J connectivity index is 2.42. The molecule has 0 radical (unpaired) electrons. The molecular weight excluding hydrogens is 148 g/mol. The molecule has 1 aliphatic carbocycles. The van der Waals surface area contributed by atoms with E-state index in [1.807, 2.05) is 24.3 Å². The molecule has 54 valence electrons. The van der Waals surface area contributed by atoms with Crippen LogP contribution >= 0.6 is 11.6 Å². The van der Waals surface area contributed by atoms with Gasteiger partial charge in [0, 0.05) is 12.3 Å². The van der Waals surface area contributed by atoms with E-state index in [1.54, 1.807) is 0 Å². The summed E-state index contributed by atoms with van der Waals surface area (Å²) in [4.78, 5) is 11.1. The zero-order chi connectivity index (χ0) is 7.40. The van der Waals surface area contributed by atoms with Crippen LogP contribution in [0.3, 0.4) is 0 Å². The average molecular weight is 157 g/mol. The number of Topliss-reactive ketones (excluding diaryl/α,β-unsaturated/α-hetero) is 1. The summed E-state index contributed by atoms with van der Waals surface area (Å²) >= 11 is 5.41. The highest BCUT2D eigenvalue weighted by atomic mass is 35.5. The van der Waals surface area contributed by atoms with Crippen molar-refractivity contribution in [1.29, 1.82) is 0 Å². The van der Waals surface area contributed by atoms with Gasteiger partial charge in [0.2, 0.25) is 0 Å². The number of allylic oxidation sites excluding steroid dienone is 4. The van der Waals surface area contributed by atoms with Crippen molar-refractivity contribution in [2.24, 2.45) is 5.92 Å². The molecule has 0 saturated carbocycles. The second-order valence-electron chi connectivity index (χ2n) is 2.20. The van der Waals surface area contributed by atoms with Gasteiger partial charge in [0.25, 0.3) is 0 Å². The Morgan fingerprint density at radius 3 is 2.50 bits per heavy atom. The topological polar surface area (TPSA) is 17.1 Å². The normalized spacial score (nSPS) is 16.5. The van der Waals surface area contributed by atoms with Crippen molar-refractivity contribution in [1.82, 2.24) is 0 Å². The van der Waals surface area contributed by atoms with E-state index in [9.17, 15) is 4.79 Å². The van der Waals surface area contributed by atoms with Crippen LogP contribution in [0, 0.1) is 5.92 Å². The second-order valence-corrected chi connectivity index (χ2v) is 2.58. The van der Waals surface area contributed by atoms with Crippen molar-refractivity contribution in [3.8, 4) is 0 Å². The first-order valence-electron chi connectivity index (χ1n) is 3.28. The molecule has 0 atom stereocenters. The first-order chi connectivity index (χ1) is 4.84. The third kappa shape index (κ3) is 1.71. The van der Waals surface area contributed by atoms with Crippen LogP contribution in [0.15, 0.2) is 24.3 Å². The zero-order valence-electron chi connectivity index (χ0n) is 5.59. The Morgan fingerprint density at radius 1 is 1.40 bits per heavy atom. The van der Waals surface area contributed by atoms with Crippen LogP contribution in [0.4, 0.5) is 0 Å². The van der Waals surface area contributed by atoms with Crippen molar-refractivity contribution in [2.75, 3.05) is 5.88 Å². The van der Waals surface area contributed by atoms with Crippen molar-refractivity contribution in [3.05, 3.63) is 24.3 Å². The Bertz CT molecular complexity index is 170. The third-order valence-electron chi connectivity index (χ3n) is 1.46. The molecular formula is C8H9ClO. The maximum absolute atomic E-state index is 11.1. The SMILES string of the molecule is O=C(CCCl)C1C=CC=C1. The minimum Gasteiger partial charge on any atom is -0.299 e. The van der Waals surface area contributed by atoms with E-state index in [2.05, 4.69) is 0 Å². The standard InChI is InChI=1S/C8H9ClO/c9-6-5-8(10)7-3-1-2-4-7/h1-4,7H,5-6H2. The maximum Gasteiger partial charge on any atom is 0.144 e. The summed E-state index contributed by atoms with van der Waals surface area (Å²) in [6, 6.07) is 0. The van der Waals surface area contributed by atoms with Gasteiger partial charge in [0.15, 0.2) is 0 Å². The smallest absolute Gasteiger partial charge is 0.144 e. The molecule has 0 heterocycles. The average Bonchev–Trinajstić information content (AvgIpc) is 2.38. The fourth-order valence-electron chi connectivity index (χ4n) is 0.906. The lowest BCUT2D eigenvalue weighted by atomic mass is 10.1. The van der Waals surface area contributed by atoms with Gasteiger partial charge in [-0.3, -0.25) is 4.79 Å². The van der Waals surface area contributed by atoms with Crippen LogP contribution in [-0.4, -0.2) is 11.7 Å². The Kier molecular flexibility index (Phi) is 2.69. The molecule has 0 amide bonds. The van der Waals surface area contributed by atoms with Gasteiger partial charge in [-0.1, -0.05) is 24.3 Å². The molecule has 0 fully saturated rings. The quantitative estimate of drug-likeness (QED) is 0.571. The van der Waals surface area contributed by atoms with Crippen LogP contribution in [0.25, 0.3) is 0 Å². The summed E-state index contributed by atoms with van der Waals surface area (Å²) in [7, 11) is 0. The van der Waals surface area contributed by atoms with Gasteiger partial charge < -0.3 is 0 Å². The Morgan fingerprint density at radius 2 is 2.00 bits per heavy atom. The van der Waals surface area contributed by atoms with Gasteiger partial charge >= 0.3 is 0 Å². The van der Waals surface area contributed by atoms with E-state index in [1.165, 1.54) is 0 Å². The number of hydrogen-bond acceptors (Lipinski definition) is 1. The molecule has 0 aromatic heterocycles. The van der Waals surface area contributed by atoms with E-state index < -0.39 is 0 Å². The summed E-state index contributed by atoms with van der Waals surface area (Å²) in [5, 5.41) is 0. The summed E-state index contributed by atoms with van der Waals surface area (Å²) in [5.41, 5.74) is 0. The number of carbonyl (C=O) groups excluding carboxylic acids is 1. The molecule has 0 aliphatic heterocycles. The molecule has 0 aromatic rings. The van der Waals surface area contributed by atoms with Gasteiger partial charge in [0.1, 0.15) is 5.78 Å². The largest absolute Gasteiger partial charge is 0.299 e. The molecule has 0 N–H and O–H groups in total. The maximum atomic E-state index is 11.1. The summed E-state index contributed by atoms with van der Waals surface area (Å²) in [5.74, 6) is 0.635. The first-order valence-corrected chi connectivity index (χ1v) is 3.81. The van der Waals surface area contributed by atoms with Crippen molar-refractivity contribution < 1.29 is 4.79 Å². The molecule has 1 nitrogen and oxygen atoms in total. The molecule has 1 aliphatic rings. The van der Waals surface area contributed by atoms with Gasteiger partial charge in [-0.2, -0.15) is 0 Å². The van der Waals surface area contributed by atoms with Crippen LogP contribution in [0.2, 0.25) is 0 Å². The highest BCUT2D eigenvalue weighted by molar-refractivity contribution is 6.19. The number of rotatable bonds is 3. The van der Waals surface area contributed by atoms with Crippen molar-refractivity contribution in [3.63, 3.8) is 0 Å². The van der Waals surface area contributed by atoms with Crippen LogP contribution < -0.4 is 0 Å². The van der Waals surface area contributed by atoms with E-state index in [-0.39, 0.29) is 11.7 Å². The zero-order valence-corrected chi connectivity index (χ0v) is 6.34. The Labute approximate surface area is 65.4 Å². The van der Waals surface area contributed by atoms with Gasteiger partial charge in [-0.05, 0) is 0 Å². The number of ketones is 1. The van der Waals surface area contributed by atoms with E-state index in [0.717, 1.165) is 0 Å². The first kappa shape index (κ1) is 7.55. The van der Waals surface area contributed by atoms with Crippen molar-refractivity contribution >= 4 is 17.4 Å². The molecule has 2 heteroatoms. The van der Waals surface area contributed by atoms with E-state index in [4.69, 9.17) is 11.6 Å². The molecule has 0 unspecified atom stereocenters. The minimum absolute atomic E-state index is 0.00116. The molecule has 1 rings (SSSR count). The van der Waals surface area contributed by atoms with Crippen LogP contribution in [-0.2, 0) is 4.79 Å². The second kappa shape index (κ2) is 3.57. The van der Waals surface area contributed by atoms with Gasteiger partial charge in [-0.25, -0.2) is 0 Å². The number of halogens is 1. The minimum atomic E-state index is -0.00116. The van der Waals surface area contributed by atoms with Gasteiger partial charge in [0.05, 0.1) is 5.92 Å². The summed E-state index contributed by atoms with van der Waals surface area (Å²) < 4.78 is 0. The highest BCUT2D eigenvalue weighted by Crippen LogP contribution is 2.11. The molecule has 0 aromatic carbocycles. The molecule has 0 bridgehead atoms. The fraction of sp³-hybridized carbons (Fsp3) is 0.375. The lowest BCUT2D eigenvalue weighted by molar-refractivity contribution is -0.119. The number of carbonyl (C=O) groups is 1. The van der Waals surface area contributed by atoms with E-state index in [0.29, 0.717) is 12.3 Å².